The number of carbonyl (C=O) groups excluding carboxylic acids is 1. The van der Waals surface area contributed by atoms with Crippen molar-refractivity contribution < 1.29 is 4.79 Å². The molecule has 1 N–H and O–H groups in total. The van der Waals surface area contributed by atoms with E-state index in [9.17, 15) is 4.79 Å². The molecule has 1 aromatic heterocycles. The second kappa shape index (κ2) is 7.45. The van der Waals surface area contributed by atoms with Crippen LogP contribution in [-0.2, 0) is 6.54 Å². The Morgan fingerprint density at radius 2 is 2.21 bits per heavy atom. The van der Waals surface area contributed by atoms with E-state index in [4.69, 9.17) is 0 Å². The highest BCUT2D eigenvalue weighted by Crippen LogP contribution is 2.21. The molecule has 1 fully saturated rings. The Morgan fingerprint density at radius 1 is 1.38 bits per heavy atom. The van der Waals surface area contributed by atoms with Gasteiger partial charge < -0.3 is 0 Å². The molecule has 1 aliphatic rings. The Morgan fingerprint density at radius 3 is 2.96 bits per heavy atom. The van der Waals surface area contributed by atoms with Crippen LogP contribution < -0.4 is 5.32 Å². The molecule has 0 radical (unpaired) electrons. The van der Waals surface area contributed by atoms with E-state index in [0.717, 1.165) is 36.8 Å². The number of rotatable bonds is 4. The minimum absolute atomic E-state index is 0.0920. The first kappa shape index (κ1) is 17.1. The number of nitrogens with one attached hydrogen (secondary N) is 1. The predicted molar refractivity (Wildman–Crippen MR) is 99.7 cm³/mol. The van der Waals surface area contributed by atoms with Gasteiger partial charge in [-0.05, 0) is 62.4 Å². The summed E-state index contributed by atoms with van der Waals surface area (Å²) in [5.41, 5.74) is 4.05. The first-order valence-electron chi connectivity index (χ1n) is 8.56. The van der Waals surface area contributed by atoms with E-state index in [1.807, 2.05) is 32.0 Å². The van der Waals surface area contributed by atoms with Gasteiger partial charge in [-0.1, -0.05) is 13.0 Å². The number of amides is 1. The molecule has 1 atom stereocenters. The number of piperidine rings is 1. The lowest BCUT2D eigenvalue weighted by Gasteiger charge is -2.30. The highest BCUT2D eigenvalue weighted by Gasteiger charge is 2.17. The molecule has 1 aliphatic heterocycles. The minimum atomic E-state index is -0.0920. The van der Waals surface area contributed by atoms with Gasteiger partial charge in [0.2, 0.25) is 0 Å². The van der Waals surface area contributed by atoms with Crippen LogP contribution in [0.4, 0.5) is 5.13 Å². The molecule has 3 rings (SSSR count). The highest BCUT2D eigenvalue weighted by atomic mass is 32.1. The number of aryl methyl sites for hydroxylation is 2. The summed E-state index contributed by atoms with van der Waals surface area (Å²) in [4.78, 5) is 19.4. The van der Waals surface area contributed by atoms with Crippen molar-refractivity contribution in [2.45, 2.75) is 40.2 Å². The summed E-state index contributed by atoms with van der Waals surface area (Å²) in [5, 5.41) is 5.65. The zero-order valence-electron chi connectivity index (χ0n) is 14.6. The van der Waals surface area contributed by atoms with Crippen molar-refractivity contribution in [2.75, 3.05) is 18.4 Å². The number of thiazole rings is 1. The lowest BCUT2D eigenvalue weighted by molar-refractivity contribution is 0.102. The molecule has 1 saturated heterocycles. The van der Waals surface area contributed by atoms with Gasteiger partial charge in [0.1, 0.15) is 0 Å². The smallest absolute Gasteiger partial charge is 0.257 e. The van der Waals surface area contributed by atoms with Gasteiger partial charge in [0.05, 0.1) is 5.69 Å². The topological polar surface area (TPSA) is 45.2 Å². The van der Waals surface area contributed by atoms with Crippen LogP contribution in [0.2, 0.25) is 0 Å². The van der Waals surface area contributed by atoms with E-state index in [1.54, 1.807) is 0 Å². The second-order valence-electron chi connectivity index (χ2n) is 6.88. The van der Waals surface area contributed by atoms with E-state index in [2.05, 4.69) is 27.5 Å². The Balaban J connectivity index is 1.61. The van der Waals surface area contributed by atoms with Crippen LogP contribution in [0.1, 0.15) is 46.9 Å². The Kier molecular flexibility index (Phi) is 5.31. The van der Waals surface area contributed by atoms with Crippen molar-refractivity contribution >= 4 is 22.4 Å². The van der Waals surface area contributed by atoms with E-state index in [-0.39, 0.29) is 5.91 Å². The third-order valence-corrected chi connectivity index (χ3v) is 5.47. The summed E-state index contributed by atoms with van der Waals surface area (Å²) >= 11 is 1.50. The average Bonchev–Trinajstić information content (AvgIpc) is 2.97. The Hall–Kier alpha value is -1.72. The van der Waals surface area contributed by atoms with Crippen molar-refractivity contribution in [3.63, 3.8) is 0 Å². The SMILES string of the molecule is Cc1ccc(C(=O)Nc2nc(CN3CCC[C@H](C)C3)cs2)cc1C. The van der Waals surface area contributed by atoms with E-state index in [1.165, 1.54) is 29.7 Å². The monoisotopic (exact) mass is 343 g/mol. The second-order valence-corrected chi connectivity index (χ2v) is 7.74. The highest BCUT2D eigenvalue weighted by molar-refractivity contribution is 7.13. The number of anilines is 1. The lowest BCUT2D eigenvalue weighted by Crippen LogP contribution is -2.33. The first-order chi connectivity index (χ1) is 11.5. The molecule has 0 saturated carbocycles. The Bertz CT molecular complexity index is 725. The van der Waals surface area contributed by atoms with Gasteiger partial charge in [-0.15, -0.1) is 11.3 Å². The maximum absolute atomic E-state index is 12.4. The quantitative estimate of drug-likeness (QED) is 0.903. The van der Waals surface area contributed by atoms with Crippen LogP contribution >= 0.6 is 11.3 Å². The van der Waals surface area contributed by atoms with E-state index >= 15 is 0 Å². The molecule has 0 aliphatic carbocycles. The molecular weight excluding hydrogens is 318 g/mol. The molecule has 24 heavy (non-hydrogen) atoms. The van der Waals surface area contributed by atoms with Gasteiger partial charge in [-0.25, -0.2) is 4.98 Å². The normalized spacial score (nSPS) is 18.5. The first-order valence-corrected chi connectivity index (χ1v) is 9.44. The lowest BCUT2D eigenvalue weighted by atomic mass is 10.0. The van der Waals surface area contributed by atoms with Crippen molar-refractivity contribution in [2.24, 2.45) is 5.92 Å². The zero-order valence-corrected chi connectivity index (χ0v) is 15.4. The fourth-order valence-corrected chi connectivity index (χ4v) is 3.84. The van der Waals surface area contributed by atoms with Crippen molar-refractivity contribution in [1.82, 2.24) is 9.88 Å². The van der Waals surface area contributed by atoms with Gasteiger partial charge in [0, 0.05) is 24.0 Å². The van der Waals surface area contributed by atoms with Crippen molar-refractivity contribution in [3.05, 3.63) is 46.0 Å². The van der Waals surface area contributed by atoms with Crippen LogP contribution in [0, 0.1) is 19.8 Å². The number of likely N-dealkylation sites (tertiary alicyclic amines) is 1. The summed E-state index contributed by atoms with van der Waals surface area (Å²) in [6.07, 6.45) is 2.59. The van der Waals surface area contributed by atoms with Crippen molar-refractivity contribution in [1.29, 1.82) is 0 Å². The maximum atomic E-state index is 12.4. The number of aromatic nitrogens is 1. The van der Waals surface area contributed by atoms with E-state index < -0.39 is 0 Å². The van der Waals surface area contributed by atoms with Crippen molar-refractivity contribution in [3.8, 4) is 0 Å². The number of nitrogens with zero attached hydrogens (tertiary/aromatic N) is 2. The van der Waals surface area contributed by atoms with Crippen LogP contribution in [0.3, 0.4) is 0 Å². The molecule has 1 amide bonds. The molecule has 2 aromatic rings. The number of carbonyl (C=O) groups is 1. The van der Waals surface area contributed by atoms with Crippen LogP contribution in [-0.4, -0.2) is 28.9 Å². The molecule has 0 spiro atoms. The molecule has 4 nitrogen and oxygen atoms in total. The average molecular weight is 343 g/mol. The van der Waals surface area contributed by atoms with Gasteiger partial charge in [0.15, 0.2) is 5.13 Å². The molecule has 2 heterocycles. The summed E-state index contributed by atoms with van der Waals surface area (Å²) < 4.78 is 0. The fraction of sp³-hybridized carbons (Fsp3) is 0.474. The minimum Gasteiger partial charge on any atom is -0.298 e. The van der Waals surface area contributed by atoms with Gasteiger partial charge in [-0.3, -0.25) is 15.0 Å². The summed E-state index contributed by atoms with van der Waals surface area (Å²) in [6.45, 7) is 9.54. The molecule has 0 bridgehead atoms. The molecule has 1 aromatic carbocycles. The largest absolute Gasteiger partial charge is 0.298 e. The third kappa shape index (κ3) is 4.22. The van der Waals surface area contributed by atoms with E-state index in [0.29, 0.717) is 10.7 Å². The number of hydrogen-bond acceptors (Lipinski definition) is 4. The summed E-state index contributed by atoms with van der Waals surface area (Å²) in [7, 11) is 0. The molecule has 5 heteroatoms. The molecule has 0 unspecified atom stereocenters. The van der Waals surface area contributed by atoms with Gasteiger partial charge in [0.25, 0.3) is 5.91 Å². The molecule has 128 valence electrons. The standard InChI is InChI=1S/C19H25N3OS/c1-13-5-4-8-22(10-13)11-17-12-24-19(20-17)21-18(23)16-7-6-14(2)15(3)9-16/h6-7,9,12-13H,4-5,8,10-11H2,1-3H3,(H,20,21,23)/t13-/m0/s1. The summed E-state index contributed by atoms with van der Waals surface area (Å²) in [6, 6.07) is 5.77. The Labute approximate surface area is 147 Å². The summed E-state index contributed by atoms with van der Waals surface area (Å²) in [5.74, 6) is 0.673. The number of benzene rings is 1. The molecular formula is C19H25N3OS. The van der Waals surface area contributed by atoms with Crippen LogP contribution in [0.25, 0.3) is 0 Å². The van der Waals surface area contributed by atoms with Crippen LogP contribution in [0.15, 0.2) is 23.6 Å². The maximum Gasteiger partial charge on any atom is 0.257 e. The zero-order chi connectivity index (χ0) is 17.1. The number of hydrogen-bond donors (Lipinski definition) is 1. The fourth-order valence-electron chi connectivity index (χ4n) is 3.15. The van der Waals surface area contributed by atoms with Gasteiger partial charge >= 0.3 is 0 Å². The third-order valence-electron chi connectivity index (χ3n) is 4.67. The predicted octanol–water partition coefficient (Wildman–Crippen LogP) is 4.24. The van der Waals surface area contributed by atoms with Gasteiger partial charge in [-0.2, -0.15) is 0 Å². The van der Waals surface area contributed by atoms with Crippen LogP contribution in [0.5, 0.6) is 0 Å².